The second-order valence-electron chi connectivity index (χ2n) is 24.7. The molecule has 0 aliphatic heterocycles. The monoisotopic (exact) mass is 1040 g/mol. The first kappa shape index (κ1) is 51.8. The Kier molecular flexibility index (Phi) is 15.2. The zero-order valence-electron chi connectivity index (χ0n) is 47.6. The molecule has 0 heterocycles. The molecule has 0 saturated heterocycles. The fraction of sp³-hybridized carbons (Fsp3) is 0.377. The van der Waals surface area contributed by atoms with Crippen LogP contribution in [0.25, 0.3) is 33.4 Å². The van der Waals surface area contributed by atoms with Gasteiger partial charge >= 0.3 is 0 Å². The molecule has 402 valence electrons. The van der Waals surface area contributed by atoms with Crippen LogP contribution in [-0.4, -0.2) is 0 Å². The van der Waals surface area contributed by atoms with Crippen LogP contribution in [-0.2, 0) is 5.41 Å². The minimum atomic E-state index is -0.147. The standard InChI is InChI=1S/C77H84N2/c1-3-5-7-9-11-23-49-77(50-24-12-10-8-6-4-2)73-53-63(78(61-25-15-13-16-26-61)75-31-21-19-29-67(75)59-41-45-65-55-33-37-57(38-34-55)71(65)51-59)43-47-69(73)70-48-44-64(54-74(70)77)79(62-27-17-14-18-28-62)76-32-22-20-30-68(76)60-42-46-66-56-35-39-58(40-36-56)72(66)52-60/h13-22,25-32,41-48,51-58H,3-12,23-24,33-40,49-50H2,1-2H3. The third kappa shape index (κ3) is 9.99. The van der Waals surface area contributed by atoms with E-state index in [0.29, 0.717) is 11.8 Å². The first-order chi connectivity index (χ1) is 39.1. The van der Waals surface area contributed by atoms with E-state index in [2.05, 4.69) is 206 Å². The average molecular weight is 1040 g/mol. The SMILES string of the molecule is CCCCCCCCC1(CCCCCCCC)c2cc(N(c3ccccc3)c3ccccc3-c3ccc4c(c3)C3CCC4CC3)ccc2-c2ccc(N(c3ccccc3)c3ccccc3-c3ccc4c(c3)C3CCC4CC3)cc21. The molecule has 15 rings (SSSR count). The second-order valence-corrected chi connectivity index (χ2v) is 24.7. The lowest BCUT2D eigenvalue weighted by Gasteiger charge is -2.38. The highest BCUT2D eigenvalue weighted by atomic mass is 15.2. The Morgan fingerprint density at radius 3 is 1.10 bits per heavy atom. The summed E-state index contributed by atoms with van der Waals surface area (Å²) in [6, 6.07) is 71.4. The average Bonchev–Trinajstić information content (AvgIpc) is 4.04. The maximum atomic E-state index is 2.67. The molecular weight excluding hydrogens is 953 g/mol. The summed E-state index contributed by atoms with van der Waals surface area (Å²) >= 11 is 0. The second kappa shape index (κ2) is 23.2. The molecule has 0 spiro atoms. The van der Waals surface area contributed by atoms with Crippen molar-refractivity contribution in [2.75, 3.05) is 9.80 Å². The zero-order chi connectivity index (χ0) is 53.1. The highest BCUT2D eigenvalue weighted by molar-refractivity contribution is 5.93. The van der Waals surface area contributed by atoms with Gasteiger partial charge < -0.3 is 9.80 Å². The smallest absolute Gasteiger partial charge is 0.0540 e. The maximum absolute atomic E-state index is 2.67. The first-order valence-corrected chi connectivity index (χ1v) is 31.6. The Morgan fingerprint density at radius 2 is 0.684 bits per heavy atom. The van der Waals surface area contributed by atoms with Crippen LogP contribution in [0.15, 0.2) is 182 Å². The molecule has 0 atom stereocenters. The van der Waals surface area contributed by atoms with Crippen LogP contribution in [0, 0.1) is 0 Å². The predicted molar refractivity (Wildman–Crippen MR) is 337 cm³/mol. The Bertz CT molecular complexity index is 3140. The van der Waals surface area contributed by atoms with E-state index in [0.717, 1.165) is 24.7 Å². The first-order valence-electron chi connectivity index (χ1n) is 31.6. The van der Waals surface area contributed by atoms with Crippen LogP contribution in [0.1, 0.15) is 212 Å². The van der Waals surface area contributed by atoms with Gasteiger partial charge in [0.25, 0.3) is 0 Å². The fourth-order valence-electron chi connectivity index (χ4n) is 16.0. The van der Waals surface area contributed by atoms with E-state index in [1.165, 1.54) is 207 Å². The number of hydrogen-bond donors (Lipinski definition) is 0. The number of benzene rings is 8. The summed E-state index contributed by atoms with van der Waals surface area (Å²) in [5.41, 5.74) is 24.9. The summed E-state index contributed by atoms with van der Waals surface area (Å²) < 4.78 is 0. The third-order valence-corrected chi connectivity index (χ3v) is 20.1. The van der Waals surface area contributed by atoms with Crippen LogP contribution >= 0.6 is 0 Å². The van der Waals surface area contributed by atoms with Gasteiger partial charge in [0.1, 0.15) is 0 Å². The molecule has 2 nitrogen and oxygen atoms in total. The highest BCUT2D eigenvalue weighted by Crippen LogP contribution is 2.59. The van der Waals surface area contributed by atoms with Crippen LogP contribution in [0.5, 0.6) is 0 Å². The van der Waals surface area contributed by atoms with Gasteiger partial charge in [0.2, 0.25) is 0 Å². The van der Waals surface area contributed by atoms with Crippen molar-refractivity contribution in [2.45, 2.75) is 184 Å². The summed E-state index contributed by atoms with van der Waals surface area (Å²) in [4.78, 5) is 5.19. The Labute approximate surface area is 474 Å². The molecule has 4 bridgehead atoms. The lowest BCUT2D eigenvalue weighted by Crippen LogP contribution is -2.26. The van der Waals surface area contributed by atoms with Crippen LogP contribution in [0.2, 0.25) is 0 Å². The van der Waals surface area contributed by atoms with Gasteiger partial charge in [0.15, 0.2) is 0 Å². The predicted octanol–water partition coefficient (Wildman–Crippen LogP) is 23.2. The van der Waals surface area contributed by atoms with E-state index in [4.69, 9.17) is 0 Å². The van der Waals surface area contributed by atoms with Gasteiger partial charge in [-0.3, -0.25) is 0 Å². The van der Waals surface area contributed by atoms with Gasteiger partial charge in [-0.2, -0.15) is 0 Å². The maximum Gasteiger partial charge on any atom is 0.0540 e. The van der Waals surface area contributed by atoms with E-state index in [-0.39, 0.29) is 5.41 Å². The molecule has 0 aromatic heterocycles. The Balaban J connectivity index is 0.958. The van der Waals surface area contributed by atoms with Crippen molar-refractivity contribution >= 4 is 34.1 Å². The zero-order valence-corrected chi connectivity index (χ0v) is 47.6. The largest absolute Gasteiger partial charge is 0.310 e. The van der Waals surface area contributed by atoms with Crippen molar-refractivity contribution in [1.29, 1.82) is 0 Å². The van der Waals surface area contributed by atoms with Gasteiger partial charge in [-0.25, -0.2) is 0 Å². The van der Waals surface area contributed by atoms with Gasteiger partial charge in [-0.1, -0.05) is 212 Å². The molecule has 0 radical (unpaired) electrons. The molecule has 2 fully saturated rings. The molecule has 7 aliphatic carbocycles. The number of nitrogens with zero attached hydrogens (tertiary/aromatic N) is 2. The number of para-hydroxylation sites is 4. The molecule has 2 saturated carbocycles. The minimum Gasteiger partial charge on any atom is -0.310 e. The van der Waals surface area contributed by atoms with Gasteiger partial charge in [0.05, 0.1) is 11.4 Å². The summed E-state index contributed by atoms with van der Waals surface area (Å²) in [5, 5.41) is 0. The quantitative estimate of drug-likeness (QED) is 0.0624. The number of fused-ring (bicyclic) bond motifs is 7. The Hall–Kier alpha value is -6.64. The molecular formula is C77H84N2. The summed E-state index contributed by atoms with van der Waals surface area (Å²) in [7, 11) is 0. The molecule has 0 amide bonds. The molecule has 79 heavy (non-hydrogen) atoms. The molecule has 8 aromatic rings. The van der Waals surface area contributed by atoms with Crippen molar-refractivity contribution in [2.24, 2.45) is 0 Å². The lowest BCUT2D eigenvalue weighted by atomic mass is 9.66. The summed E-state index contributed by atoms with van der Waals surface area (Å²) in [5.74, 6) is 2.86. The fourth-order valence-corrected chi connectivity index (χ4v) is 16.0. The van der Waals surface area contributed by atoms with E-state index in [9.17, 15) is 0 Å². The normalized spacial score (nSPS) is 18.9. The molecule has 2 heteroatoms. The van der Waals surface area contributed by atoms with Crippen molar-refractivity contribution in [3.8, 4) is 33.4 Å². The van der Waals surface area contributed by atoms with E-state index in [1.807, 2.05) is 0 Å². The van der Waals surface area contributed by atoms with Gasteiger partial charge in [0, 0.05) is 39.3 Å². The summed E-state index contributed by atoms with van der Waals surface area (Å²) in [6.07, 6.45) is 28.6. The van der Waals surface area contributed by atoms with Crippen molar-refractivity contribution in [1.82, 2.24) is 0 Å². The molecule has 0 unspecified atom stereocenters. The van der Waals surface area contributed by atoms with E-state index in [1.54, 1.807) is 22.3 Å². The van der Waals surface area contributed by atoms with Crippen molar-refractivity contribution in [3.63, 3.8) is 0 Å². The minimum absolute atomic E-state index is 0.147. The van der Waals surface area contributed by atoms with Crippen molar-refractivity contribution < 1.29 is 0 Å². The molecule has 7 aliphatic rings. The number of rotatable bonds is 22. The lowest BCUT2D eigenvalue weighted by molar-refractivity contribution is 0.359. The number of unbranched alkanes of at least 4 members (excludes halogenated alkanes) is 10. The van der Waals surface area contributed by atoms with Crippen LogP contribution < -0.4 is 9.80 Å². The molecule has 0 N–H and O–H groups in total. The van der Waals surface area contributed by atoms with Crippen LogP contribution in [0.3, 0.4) is 0 Å². The third-order valence-electron chi connectivity index (χ3n) is 20.1. The molecule has 8 aromatic carbocycles. The van der Waals surface area contributed by atoms with Gasteiger partial charge in [-0.05, 0) is 204 Å². The number of anilines is 6. The highest BCUT2D eigenvalue weighted by Gasteiger charge is 2.44. The van der Waals surface area contributed by atoms with Gasteiger partial charge in [-0.15, -0.1) is 0 Å². The topological polar surface area (TPSA) is 6.48 Å². The Morgan fingerprint density at radius 1 is 0.316 bits per heavy atom. The van der Waals surface area contributed by atoms with E-state index >= 15 is 0 Å². The van der Waals surface area contributed by atoms with Crippen molar-refractivity contribution in [3.05, 3.63) is 215 Å². The van der Waals surface area contributed by atoms with Crippen LogP contribution in [0.4, 0.5) is 34.1 Å². The number of hydrogen-bond acceptors (Lipinski definition) is 2. The van der Waals surface area contributed by atoms with E-state index < -0.39 is 0 Å². The summed E-state index contributed by atoms with van der Waals surface area (Å²) in [6.45, 7) is 4.69.